The summed E-state index contributed by atoms with van der Waals surface area (Å²) in [6, 6.07) is 28.4. The van der Waals surface area contributed by atoms with Gasteiger partial charge in [0.15, 0.2) is 0 Å². The summed E-state index contributed by atoms with van der Waals surface area (Å²) in [6.45, 7) is 0. The van der Waals surface area contributed by atoms with E-state index < -0.39 is 0 Å². The van der Waals surface area contributed by atoms with Crippen LogP contribution in [0.2, 0.25) is 5.02 Å². The number of hydrogen-bond donors (Lipinski definition) is 0. The standard InChI is InChI=1S/C27H18BrClN4S/c28-19-9-4-8-18(14-19)23-16-24(25-10-5-13-34-25)33(32-23)27-30-22-12-11-20(29)15-21(22)26(31-27)17-6-2-1-3-7-17/h1-15,24H,16H2/t24-/m1/s1. The van der Waals surface area contributed by atoms with Crippen LogP contribution < -0.4 is 5.01 Å². The maximum Gasteiger partial charge on any atom is 0.247 e. The normalized spacial score (nSPS) is 15.6. The molecule has 6 rings (SSSR count). The number of hydrazone groups is 1. The van der Waals surface area contributed by atoms with Crippen molar-refractivity contribution in [3.63, 3.8) is 0 Å². The Balaban J connectivity index is 1.54. The molecular weight excluding hydrogens is 528 g/mol. The van der Waals surface area contributed by atoms with Crippen LogP contribution in [0.3, 0.4) is 0 Å². The van der Waals surface area contributed by atoms with Crippen molar-refractivity contribution in [2.75, 3.05) is 5.01 Å². The van der Waals surface area contributed by atoms with Gasteiger partial charge in [0.2, 0.25) is 5.95 Å². The van der Waals surface area contributed by atoms with Gasteiger partial charge in [-0.05, 0) is 47.3 Å². The molecule has 0 bridgehead atoms. The predicted molar refractivity (Wildman–Crippen MR) is 145 cm³/mol. The second-order valence-electron chi connectivity index (χ2n) is 8.04. The van der Waals surface area contributed by atoms with Crippen molar-refractivity contribution in [2.24, 2.45) is 5.10 Å². The highest BCUT2D eigenvalue weighted by Gasteiger charge is 2.33. The Morgan fingerprint density at radius 1 is 0.882 bits per heavy atom. The lowest BCUT2D eigenvalue weighted by Crippen LogP contribution is -2.20. The first kappa shape index (κ1) is 21.5. The predicted octanol–water partition coefficient (Wildman–Crippen LogP) is 8.13. The van der Waals surface area contributed by atoms with Gasteiger partial charge in [-0.1, -0.05) is 76.1 Å². The van der Waals surface area contributed by atoms with E-state index >= 15 is 0 Å². The van der Waals surface area contributed by atoms with Crippen LogP contribution in [0.5, 0.6) is 0 Å². The van der Waals surface area contributed by atoms with Crippen LogP contribution in [-0.2, 0) is 0 Å². The number of fused-ring (bicyclic) bond motifs is 1. The Labute approximate surface area is 214 Å². The molecule has 0 amide bonds. The molecule has 1 aliphatic heterocycles. The molecule has 5 aromatic rings. The summed E-state index contributed by atoms with van der Waals surface area (Å²) in [7, 11) is 0. The lowest BCUT2D eigenvalue weighted by atomic mass is 10.0. The molecule has 0 aliphatic carbocycles. The summed E-state index contributed by atoms with van der Waals surface area (Å²) in [5, 5.41) is 10.7. The molecule has 0 fully saturated rings. The molecule has 34 heavy (non-hydrogen) atoms. The van der Waals surface area contributed by atoms with Crippen LogP contribution in [0.4, 0.5) is 5.95 Å². The summed E-state index contributed by atoms with van der Waals surface area (Å²) in [5.74, 6) is 0.581. The van der Waals surface area contributed by atoms with Crippen LogP contribution in [-0.4, -0.2) is 15.7 Å². The lowest BCUT2D eigenvalue weighted by molar-refractivity contribution is 0.700. The molecule has 0 unspecified atom stereocenters. The van der Waals surface area contributed by atoms with Crippen molar-refractivity contribution >= 4 is 61.4 Å². The molecular formula is C27H18BrClN4S. The minimum atomic E-state index is 0.0300. The number of aromatic nitrogens is 2. The third kappa shape index (κ3) is 4.02. The van der Waals surface area contributed by atoms with Crippen LogP contribution in [0.25, 0.3) is 22.2 Å². The highest BCUT2D eigenvalue weighted by atomic mass is 79.9. The number of rotatable bonds is 4. The third-order valence-corrected chi connectivity index (χ3v) is 7.54. The van der Waals surface area contributed by atoms with Crippen molar-refractivity contribution in [2.45, 2.75) is 12.5 Å². The minimum absolute atomic E-state index is 0.0300. The smallest absolute Gasteiger partial charge is 0.223 e. The van der Waals surface area contributed by atoms with Crippen LogP contribution in [0.15, 0.2) is 99.9 Å². The monoisotopic (exact) mass is 544 g/mol. The number of thiophene rings is 1. The number of halogens is 2. The summed E-state index contributed by atoms with van der Waals surface area (Å²) in [5.41, 5.74) is 4.81. The fourth-order valence-corrected chi connectivity index (χ4v) is 5.63. The topological polar surface area (TPSA) is 41.4 Å². The van der Waals surface area contributed by atoms with Gasteiger partial charge in [-0.15, -0.1) is 11.3 Å². The van der Waals surface area contributed by atoms with Crippen LogP contribution in [0, 0.1) is 0 Å². The van der Waals surface area contributed by atoms with Crippen molar-refractivity contribution in [3.8, 4) is 11.3 Å². The molecule has 0 saturated carbocycles. The average Bonchev–Trinajstić information content (AvgIpc) is 3.54. The fourth-order valence-electron chi connectivity index (χ4n) is 4.25. The molecule has 4 nitrogen and oxygen atoms in total. The highest BCUT2D eigenvalue weighted by Crippen LogP contribution is 2.39. The van der Waals surface area contributed by atoms with Gasteiger partial charge in [-0.3, -0.25) is 0 Å². The summed E-state index contributed by atoms with van der Waals surface area (Å²) < 4.78 is 1.03. The first-order chi connectivity index (χ1) is 16.7. The Morgan fingerprint density at radius 2 is 1.74 bits per heavy atom. The SMILES string of the molecule is Clc1ccc2nc(N3N=C(c4cccc(Br)c4)C[C@@H]3c3cccs3)nc(-c3ccccc3)c2c1. The van der Waals surface area contributed by atoms with Gasteiger partial charge in [-0.25, -0.2) is 15.0 Å². The second kappa shape index (κ2) is 8.95. The van der Waals surface area contributed by atoms with Gasteiger partial charge >= 0.3 is 0 Å². The minimum Gasteiger partial charge on any atom is -0.223 e. The first-order valence-corrected chi connectivity index (χ1v) is 12.9. The van der Waals surface area contributed by atoms with Gasteiger partial charge in [0, 0.05) is 31.7 Å². The van der Waals surface area contributed by atoms with E-state index in [2.05, 4.69) is 57.7 Å². The maximum absolute atomic E-state index is 6.35. The number of nitrogens with zero attached hydrogens (tertiary/aromatic N) is 4. The largest absolute Gasteiger partial charge is 0.247 e. The highest BCUT2D eigenvalue weighted by molar-refractivity contribution is 9.10. The van der Waals surface area contributed by atoms with Gasteiger partial charge < -0.3 is 0 Å². The molecule has 3 aromatic carbocycles. The van der Waals surface area contributed by atoms with E-state index in [9.17, 15) is 0 Å². The summed E-state index contributed by atoms with van der Waals surface area (Å²) in [4.78, 5) is 11.2. The summed E-state index contributed by atoms with van der Waals surface area (Å²) in [6.07, 6.45) is 0.777. The summed E-state index contributed by atoms with van der Waals surface area (Å²) >= 11 is 11.7. The molecule has 3 heterocycles. The molecule has 2 aromatic heterocycles. The molecule has 0 saturated heterocycles. The van der Waals surface area contributed by atoms with Crippen molar-refractivity contribution in [1.29, 1.82) is 0 Å². The molecule has 0 N–H and O–H groups in total. The molecule has 166 valence electrons. The van der Waals surface area contributed by atoms with E-state index in [1.165, 1.54) is 4.88 Å². The zero-order chi connectivity index (χ0) is 23.1. The zero-order valence-electron chi connectivity index (χ0n) is 17.9. The second-order valence-corrected chi connectivity index (χ2v) is 10.4. The van der Waals surface area contributed by atoms with Gasteiger partial charge in [0.05, 0.1) is 23.0 Å². The Bertz CT molecular complexity index is 1520. The molecule has 1 atom stereocenters. The Kier molecular flexibility index (Phi) is 5.65. The van der Waals surface area contributed by atoms with Crippen molar-refractivity contribution in [1.82, 2.24) is 9.97 Å². The Hall–Kier alpha value is -3.06. The maximum atomic E-state index is 6.35. The number of anilines is 1. The quantitative estimate of drug-likeness (QED) is 0.229. The van der Waals surface area contributed by atoms with E-state index in [1.54, 1.807) is 11.3 Å². The van der Waals surface area contributed by atoms with Gasteiger partial charge in [0.25, 0.3) is 0 Å². The van der Waals surface area contributed by atoms with Crippen LogP contribution >= 0.6 is 38.9 Å². The third-order valence-electron chi connectivity index (χ3n) is 5.84. The van der Waals surface area contributed by atoms with E-state index in [-0.39, 0.29) is 6.04 Å². The van der Waals surface area contributed by atoms with Crippen molar-refractivity contribution < 1.29 is 0 Å². The van der Waals surface area contributed by atoms with E-state index in [0.29, 0.717) is 11.0 Å². The fraction of sp³-hybridized carbons (Fsp3) is 0.0741. The molecule has 0 spiro atoms. The molecule has 0 radical (unpaired) electrons. The van der Waals surface area contributed by atoms with E-state index in [0.717, 1.165) is 44.3 Å². The Morgan fingerprint density at radius 3 is 2.53 bits per heavy atom. The molecule has 1 aliphatic rings. The van der Waals surface area contributed by atoms with Gasteiger partial charge in [0.1, 0.15) is 0 Å². The average molecular weight is 546 g/mol. The first-order valence-electron chi connectivity index (χ1n) is 10.8. The number of hydrogen-bond acceptors (Lipinski definition) is 5. The van der Waals surface area contributed by atoms with E-state index in [1.807, 2.05) is 53.5 Å². The van der Waals surface area contributed by atoms with Gasteiger partial charge in [-0.2, -0.15) is 5.10 Å². The number of benzene rings is 3. The van der Waals surface area contributed by atoms with E-state index in [4.69, 9.17) is 26.7 Å². The zero-order valence-corrected chi connectivity index (χ0v) is 21.1. The molecule has 7 heteroatoms. The van der Waals surface area contributed by atoms with Crippen LogP contribution in [0.1, 0.15) is 22.9 Å². The lowest BCUT2D eigenvalue weighted by Gasteiger charge is -2.21. The van der Waals surface area contributed by atoms with Crippen molar-refractivity contribution in [3.05, 3.63) is 110 Å².